The van der Waals surface area contributed by atoms with E-state index in [0.717, 1.165) is 18.4 Å². The normalized spacial score (nSPS) is 31.1. The molecule has 3 heteroatoms. The molecule has 3 atom stereocenters. The van der Waals surface area contributed by atoms with Crippen molar-refractivity contribution in [2.75, 3.05) is 6.61 Å². The maximum atomic E-state index is 9.91. The van der Waals surface area contributed by atoms with E-state index in [2.05, 4.69) is 6.58 Å². The molecule has 1 N–H and O–H groups in total. The molecule has 1 heterocycles. The Morgan fingerprint density at radius 2 is 2.16 bits per heavy atom. The predicted molar refractivity (Wildman–Crippen MR) is 74.8 cm³/mol. The van der Waals surface area contributed by atoms with Crippen LogP contribution >= 0.6 is 0 Å². The summed E-state index contributed by atoms with van der Waals surface area (Å²) in [7, 11) is 0. The Labute approximate surface area is 114 Å². The molecule has 2 rings (SSSR count). The van der Waals surface area contributed by atoms with Crippen molar-refractivity contribution in [1.29, 1.82) is 0 Å². The van der Waals surface area contributed by atoms with E-state index in [1.165, 1.54) is 0 Å². The molecule has 1 aliphatic rings. The van der Waals surface area contributed by atoms with Crippen LogP contribution in [0.4, 0.5) is 0 Å². The first kappa shape index (κ1) is 14.3. The Morgan fingerprint density at radius 1 is 1.42 bits per heavy atom. The van der Waals surface area contributed by atoms with Crippen LogP contribution in [0.2, 0.25) is 0 Å². The van der Waals surface area contributed by atoms with E-state index in [0.29, 0.717) is 13.2 Å². The van der Waals surface area contributed by atoms with Gasteiger partial charge in [0.2, 0.25) is 0 Å². The summed E-state index contributed by atoms with van der Waals surface area (Å²) < 4.78 is 11.6. The molecule has 3 nitrogen and oxygen atoms in total. The minimum absolute atomic E-state index is 0.0233. The van der Waals surface area contributed by atoms with Crippen molar-refractivity contribution in [2.24, 2.45) is 0 Å². The summed E-state index contributed by atoms with van der Waals surface area (Å²) in [6, 6.07) is 10.1. The van der Waals surface area contributed by atoms with Crippen LogP contribution in [0.3, 0.4) is 0 Å². The van der Waals surface area contributed by atoms with Crippen LogP contribution in [-0.4, -0.2) is 29.5 Å². The third kappa shape index (κ3) is 3.66. The maximum Gasteiger partial charge on any atom is 0.109 e. The average molecular weight is 262 g/mol. The van der Waals surface area contributed by atoms with Gasteiger partial charge >= 0.3 is 0 Å². The molecule has 0 saturated carbocycles. The molecule has 104 valence electrons. The van der Waals surface area contributed by atoms with E-state index in [1.807, 2.05) is 37.3 Å². The fourth-order valence-electron chi connectivity index (χ4n) is 2.31. The largest absolute Gasteiger partial charge is 0.390 e. The molecule has 19 heavy (non-hydrogen) atoms. The Kier molecular flexibility index (Phi) is 4.75. The molecule has 0 unspecified atom stereocenters. The summed E-state index contributed by atoms with van der Waals surface area (Å²) in [6.45, 7) is 6.75. The van der Waals surface area contributed by atoms with Crippen molar-refractivity contribution in [3.8, 4) is 0 Å². The lowest BCUT2D eigenvalue weighted by molar-refractivity contribution is -0.170. The van der Waals surface area contributed by atoms with E-state index >= 15 is 0 Å². The van der Waals surface area contributed by atoms with E-state index in [-0.39, 0.29) is 6.10 Å². The molecular formula is C16H22O3. The van der Waals surface area contributed by atoms with Crippen molar-refractivity contribution in [1.82, 2.24) is 0 Å². The van der Waals surface area contributed by atoms with Gasteiger partial charge in [-0.25, -0.2) is 0 Å². The van der Waals surface area contributed by atoms with E-state index < -0.39 is 11.7 Å². The minimum Gasteiger partial charge on any atom is -0.390 e. The van der Waals surface area contributed by atoms with Crippen molar-refractivity contribution in [3.63, 3.8) is 0 Å². The first-order valence-corrected chi connectivity index (χ1v) is 6.75. The van der Waals surface area contributed by atoms with Gasteiger partial charge in [-0.2, -0.15) is 0 Å². The topological polar surface area (TPSA) is 38.7 Å². The van der Waals surface area contributed by atoms with Crippen LogP contribution in [-0.2, 0) is 16.1 Å². The highest BCUT2D eigenvalue weighted by Gasteiger charge is 2.38. The second-order valence-corrected chi connectivity index (χ2v) is 5.22. The van der Waals surface area contributed by atoms with Gasteiger partial charge < -0.3 is 14.6 Å². The van der Waals surface area contributed by atoms with Crippen LogP contribution in [0.15, 0.2) is 43.0 Å². The lowest BCUT2D eigenvalue weighted by Gasteiger charge is -2.40. The monoisotopic (exact) mass is 262 g/mol. The summed E-state index contributed by atoms with van der Waals surface area (Å²) in [4.78, 5) is 0. The van der Waals surface area contributed by atoms with Gasteiger partial charge in [0.25, 0.3) is 0 Å². The molecule has 0 bridgehead atoms. The Balaban J connectivity index is 1.79. The van der Waals surface area contributed by atoms with Crippen LogP contribution in [0.25, 0.3) is 0 Å². The number of benzene rings is 1. The number of hydrogen-bond donors (Lipinski definition) is 1. The zero-order chi connectivity index (χ0) is 13.7. The second-order valence-electron chi connectivity index (χ2n) is 5.22. The SMILES string of the molecule is C=C[C@]1(C)O[C@@H](COCc2ccccc2)CC[C@H]1O. The van der Waals surface area contributed by atoms with Crippen molar-refractivity contribution >= 4 is 0 Å². The Hall–Kier alpha value is -1.16. The highest BCUT2D eigenvalue weighted by Crippen LogP contribution is 2.30. The smallest absolute Gasteiger partial charge is 0.109 e. The molecule has 0 spiro atoms. The zero-order valence-corrected chi connectivity index (χ0v) is 11.4. The van der Waals surface area contributed by atoms with Crippen LogP contribution in [0, 0.1) is 0 Å². The molecule has 0 aromatic heterocycles. The molecule has 0 amide bonds. The third-order valence-corrected chi connectivity index (χ3v) is 3.66. The molecular weight excluding hydrogens is 240 g/mol. The number of hydrogen-bond acceptors (Lipinski definition) is 3. The quantitative estimate of drug-likeness (QED) is 0.829. The van der Waals surface area contributed by atoms with E-state index in [9.17, 15) is 5.11 Å². The van der Waals surface area contributed by atoms with Gasteiger partial charge in [0.15, 0.2) is 0 Å². The van der Waals surface area contributed by atoms with Gasteiger partial charge in [-0.05, 0) is 25.3 Å². The van der Waals surface area contributed by atoms with Gasteiger partial charge in [0.05, 0.1) is 25.4 Å². The van der Waals surface area contributed by atoms with Crippen LogP contribution in [0.1, 0.15) is 25.3 Å². The molecule has 1 fully saturated rings. The standard InChI is InChI=1S/C16H22O3/c1-3-16(2)15(17)10-9-14(19-16)12-18-11-13-7-5-4-6-8-13/h3-8,14-15,17H,1,9-12H2,2H3/t14-,15-,16+/m1/s1. The Bertz CT molecular complexity index is 404. The van der Waals surface area contributed by atoms with Gasteiger partial charge in [-0.1, -0.05) is 36.4 Å². The summed E-state index contributed by atoms with van der Waals surface area (Å²) in [6.07, 6.45) is 2.77. The van der Waals surface area contributed by atoms with Gasteiger partial charge in [0, 0.05) is 0 Å². The molecule has 1 aromatic rings. The van der Waals surface area contributed by atoms with Crippen molar-refractivity contribution < 1.29 is 14.6 Å². The fraction of sp³-hybridized carbons (Fsp3) is 0.500. The number of ether oxygens (including phenoxy) is 2. The average Bonchev–Trinajstić information content (AvgIpc) is 2.44. The lowest BCUT2D eigenvalue weighted by atomic mass is 9.90. The number of aliphatic hydroxyl groups excluding tert-OH is 1. The Morgan fingerprint density at radius 3 is 2.84 bits per heavy atom. The first-order chi connectivity index (χ1) is 9.14. The highest BCUT2D eigenvalue weighted by atomic mass is 16.6. The second kappa shape index (κ2) is 6.33. The summed E-state index contributed by atoms with van der Waals surface area (Å²) in [5.74, 6) is 0. The van der Waals surface area contributed by atoms with Crippen molar-refractivity contribution in [3.05, 3.63) is 48.6 Å². The number of rotatable bonds is 5. The molecule has 0 aliphatic carbocycles. The fourth-order valence-corrected chi connectivity index (χ4v) is 2.31. The maximum absolute atomic E-state index is 9.91. The highest BCUT2D eigenvalue weighted by molar-refractivity contribution is 5.13. The summed E-state index contributed by atoms with van der Waals surface area (Å²) in [5.41, 5.74) is 0.504. The number of aliphatic hydroxyl groups is 1. The molecule has 1 saturated heterocycles. The molecule has 1 aliphatic heterocycles. The molecule has 1 aromatic carbocycles. The zero-order valence-electron chi connectivity index (χ0n) is 11.4. The summed E-state index contributed by atoms with van der Waals surface area (Å²) >= 11 is 0. The van der Waals surface area contributed by atoms with E-state index in [4.69, 9.17) is 9.47 Å². The van der Waals surface area contributed by atoms with Crippen LogP contribution in [0.5, 0.6) is 0 Å². The summed E-state index contributed by atoms with van der Waals surface area (Å²) in [5, 5.41) is 9.91. The van der Waals surface area contributed by atoms with Crippen LogP contribution < -0.4 is 0 Å². The van der Waals surface area contributed by atoms with Crippen molar-refractivity contribution in [2.45, 2.75) is 44.2 Å². The predicted octanol–water partition coefficient (Wildman–Crippen LogP) is 2.69. The lowest BCUT2D eigenvalue weighted by Crippen LogP contribution is -2.48. The molecule has 0 radical (unpaired) electrons. The minimum atomic E-state index is -0.654. The third-order valence-electron chi connectivity index (χ3n) is 3.66. The van der Waals surface area contributed by atoms with Gasteiger partial charge in [-0.15, -0.1) is 6.58 Å². The van der Waals surface area contributed by atoms with E-state index in [1.54, 1.807) is 6.08 Å². The van der Waals surface area contributed by atoms with Gasteiger partial charge in [0.1, 0.15) is 5.60 Å². The first-order valence-electron chi connectivity index (χ1n) is 6.75. The van der Waals surface area contributed by atoms with Gasteiger partial charge in [-0.3, -0.25) is 0 Å².